The molecule has 0 aliphatic rings. The van der Waals surface area contributed by atoms with Gasteiger partial charge in [0.05, 0.1) is 4.92 Å². The number of rotatable bonds is 7. The lowest BCUT2D eigenvalue weighted by Gasteiger charge is -2.14. The molecule has 6 nitrogen and oxygen atoms in total. The summed E-state index contributed by atoms with van der Waals surface area (Å²) in [5.41, 5.74) is 0.572. The van der Waals surface area contributed by atoms with Gasteiger partial charge in [0.25, 0.3) is 11.6 Å². The Labute approximate surface area is 118 Å². The predicted octanol–water partition coefficient (Wildman–Crippen LogP) is 2.72. The van der Waals surface area contributed by atoms with E-state index in [1.807, 2.05) is 6.92 Å². The lowest BCUT2D eigenvalue weighted by atomic mass is 10.1. The molecule has 20 heavy (non-hydrogen) atoms. The van der Waals surface area contributed by atoms with Gasteiger partial charge in [-0.15, -0.1) is 6.58 Å². The summed E-state index contributed by atoms with van der Waals surface area (Å²) in [7, 11) is 0. The van der Waals surface area contributed by atoms with Crippen molar-refractivity contribution in [2.45, 2.75) is 26.3 Å². The fraction of sp³-hybridized carbons (Fsp3) is 0.357. The second-order valence-corrected chi connectivity index (χ2v) is 4.42. The zero-order valence-electron chi connectivity index (χ0n) is 11.7. The van der Waals surface area contributed by atoms with Crippen LogP contribution in [0.5, 0.6) is 0 Å². The van der Waals surface area contributed by atoms with Gasteiger partial charge in [-0.25, -0.2) is 0 Å². The Hall–Kier alpha value is -2.37. The molecule has 0 fully saturated rings. The first kappa shape index (κ1) is 15.7. The molecular formula is C14H19N3O3. The van der Waals surface area contributed by atoms with E-state index in [0.29, 0.717) is 18.7 Å². The summed E-state index contributed by atoms with van der Waals surface area (Å²) in [6, 6.07) is 4.44. The molecule has 6 heteroatoms. The van der Waals surface area contributed by atoms with E-state index in [-0.39, 0.29) is 23.2 Å². The van der Waals surface area contributed by atoms with Crippen molar-refractivity contribution in [1.29, 1.82) is 0 Å². The number of carbonyl (C=O) groups excluding carboxylic acids is 1. The van der Waals surface area contributed by atoms with Gasteiger partial charge in [-0.05, 0) is 32.4 Å². The van der Waals surface area contributed by atoms with Crippen LogP contribution in [0, 0.1) is 10.1 Å². The van der Waals surface area contributed by atoms with Crippen LogP contribution in [0.2, 0.25) is 0 Å². The number of benzene rings is 1. The van der Waals surface area contributed by atoms with E-state index in [9.17, 15) is 14.9 Å². The molecule has 0 spiro atoms. The van der Waals surface area contributed by atoms with E-state index in [4.69, 9.17) is 0 Å². The number of amides is 1. The summed E-state index contributed by atoms with van der Waals surface area (Å²) in [5, 5.41) is 16.8. The monoisotopic (exact) mass is 277 g/mol. The zero-order valence-corrected chi connectivity index (χ0v) is 11.7. The first-order valence-corrected chi connectivity index (χ1v) is 6.43. The molecule has 0 saturated carbocycles. The number of nitrogens with one attached hydrogen (secondary N) is 2. The summed E-state index contributed by atoms with van der Waals surface area (Å²) in [5.74, 6) is -0.318. The minimum atomic E-state index is -0.494. The van der Waals surface area contributed by atoms with E-state index in [1.54, 1.807) is 25.1 Å². The topological polar surface area (TPSA) is 84.3 Å². The van der Waals surface area contributed by atoms with Gasteiger partial charge in [0.15, 0.2) is 0 Å². The van der Waals surface area contributed by atoms with Crippen molar-refractivity contribution in [3.05, 3.63) is 46.5 Å². The zero-order chi connectivity index (χ0) is 15.1. The molecule has 0 heterocycles. The van der Waals surface area contributed by atoms with Gasteiger partial charge in [-0.1, -0.05) is 6.08 Å². The third-order valence-electron chi connectivity index (χ3n) is 2.72. The van der Waals surface area contributed by atoms with Crippen molar-refractivity contribution < 1.29 is 9.72 Å². The van der Waals surface area contributed by atoms with Crippen LogP contribution >= 0.6 is 0 Å². The van der Waals surface area contributed by atoms with Crippen LogP contribution in [0.15, 0.2) is 30.9 Å². The van der Waals surface area contributed by atoms with Crippen LogP contribution in [0.4, 0.5) is 11.4 Å². The first-order chi connectivity index (χ1) is 9.49. The van der Waals surface area contributed by atoms with Gasteiger partial charge >= 0.3 is 0 Å². The predicted molar refractivity (Wildman–Crippen MR) is 79.0 cm³/mol. The molecule has 1 aromatic rings. The lowest BCUT2D eigenvalue weighted by Crippen LogP contribution is -2.23. The standard InChI is InChI=1S/C14H19N3O3/c1-4-6-10(3)16-12-8-7-11(14(18)15-5-2)9-13(12)17(19)20/h4,7-10,16H,1,5-6H2,2-3H3,(H,15,18). The largest absolute Gasteiger partial charge is 0.377 e. The molecule has 1 unspecified atom stereocenters. The maximum Gasteiger partial charge on any atom is 0.293 e. The Bertz CT molecular complexity index is 514. The second kappa shape index (κ2) is 7.28. The van der Waals surface area contributed by atoms with E-state index >= 15 is 0 Å². The Morgan fingerprint density at radius 3 is 2.80 bits per heavy atom. The number of carbonyl (C=O) groups is 1. The molecule has 0 radical (unpaired) electrons. The maximum absolute atomic E-state index is 11.7. The summed E-state index contributed by atoms with van der Waals surface area (Å²) in [6.07, 6.45) is 2.43. The fourth-order valence-electron chi connectivity index (χ4n) is 1.78. The molecule has 108 valence electrons. The molecule has 2 N–H and O–H groups in total. The molecule has 1 aromatic carbocycles. The Morgan fingerprint density at radius 1 is 1.55 bits per heavy atom. The summed E-state index contributed by atoms with van der Waals surface area (Å²) in [6.45, 7) is 7.80. The van der Waals surface area contributed by atoms with E-state index < -0.39 is 4.92 Å². The highest BCUT2D eigenvalue weighted by molar-refractivity contribution is 5.95. The molecule has 0 bridgehead atoms. The molecule has 0 aliphatic carbocycles. The van der Waals surface area contributed by atoms with E-state index in [2.05, 4.69) is 17.2 Å². The van der Waals surface area contributed by atoms with E-state index in [1.165, 1.54) is 6.07 Å². The van der Waals surface area contributed by atoms with Gasteiger partial charge in [0, 0.05) is 24.2 Å². The van der Waals surface area contributed by atoms with E-state index in [0.717, 1.165) is 0 Å². The van der Waals surface area contributed by atoms with Gasteiger partial charge < -0.3 is 10.6 Å². The van der Waals surface area contributed by atoms with Crippen molar-refractivity contribution in [1.82, 2.24) is 5.32 Å². The Balaban J connectivity index is 3.04. The number of hydrogen-bond acceptors (Lipinski definition) is 4. The van der Waals surface area contributed by atoms with Gasteiger partial charge in [0.2, 0.25) is 0 Å². The number of nitro groups is 1. The van der Waals surface area contributed by atoms with Gasteiger partial charge in [-0.2, -0.15) is 0 Å². The molecular weight excluding hydrogens is 258 g/mol. The average molecular weight is 277 g/mol. The molecule has 0 saturated heterocycles. The second-order valence-electron chi connectivity index (χ2n) is 4.42. The molecule has 1 rings (SSSR count). The maximum atomic E-state index is 11.7. The van der Waals surface area contributed by atoms with Crippen LogP contribution in [0.3, 0.4) is 0 Å². The quantitative estimate of drug-likeness (QED) is 0.456. The first-order valence-electron chi connectivity index (χ1n) is 6.43. The fourth-order valence-corrected chi connectivity index (χ4v) is 1.78. The van der Waals surface area contributed by atoms with Crippen LogP contribution in [-0.2, 0) is 0 Å². The summed E-state index contributed by atoms with van der Waals surface area (Å²) >= 11 is 0. The normalized spacial score (nSPS) is 11.5. The minimum Gasteiger partial charge on any atom is -0.377 e. The Morgan fingerprint density at radius 2 is 2.25 bits per heavy atom. The van der Waals surface area contributed by atoms with Crippen molar-refractivity contribution >= 4 is 17.3 Å². The highest BCUT2D eigenvalue weighted by atomic mass is 16.6. The third-order valence-corrected chi connectivity index (χ3v) is 2.72. The highest BCUT2D eigenvalue weighted by Gasteiger charge is 2.18. The molecule has 1 atom stereocenters. The smallest absolute Gasteiger partial charge is 0.293 e. The summed E-state index contributed by atoms with van der Waals surface area (Å²) < 4.78 is 0. The van der Waals surface area contributed by atoms with Crippen LogP contribution in [0.1, 0.15) is 30.6 Å². The highest BCUT2D eigenvalue weighted by Crippen LogP contribution is 2.26. The van der Waals surface area contributed by atoms with Crippen LogP contribution in [0.25, 0.3) is 0 Å². The van der Waals surface area contributed by atoms with Crippen molar-refractivity contribution in [3.63, 3.8) is 0 Å². The van der Waals surface area contributed by atoms with Crippen molar-refractivity contribution in [2.24, 2.45) is 0 Å². The molecule has 0 aliphatic heterocycles. The Kier molecular flexibility index (Phi) is 5.71. The van der Waals surface area contributed by atoms with Gasteiger partial charge in [-0.3, -0.25) is 14.9 Å². The number of nitro benzene ring substituents is 1. The van der Waals surface area contributed by atoms with Gasteiger partial charge in [0.1, 0.15) is 5.69 Å². The lowest BCUT2D eigenvalue weighted by molar-refractivity contribution is -0.384. The average Bonchev–Trinajstić information content (AvgIpc) is 2.39. The number of anilines is 1. The number of hydrogen-bond donors (Lipinski definition) is 2. The third kappa shape index (κ3) is 4.08. The SMILES string of the molecule is C=CCC(C)Nc1ccc(C(=O)NCC)cc1[N+](=O)[O-]. The van der Waals surface area contributed by atoms with Crippen LogP contribution < -0.4 is 10.6 Å². The van der Waals surface area contributed by atoms with Crippen molar-refractivity contribution in [3.8, 4) is 0 Å². The summed E-state index contributed by atoms with van der Waals surface area (Å²) in [4.78, 5) is 22.3. The van der Waals surface area contributed by atoms with Crippen molar-refractivity contribution in [2.75, 3.05) is 11.9 Å². The number of nitrogens with zero attached hydrogens (tertiary/aromatic N) is 1. The molecule has 1 amide bonds. The minimum absolute atomic E-state index is 0.0292. The van der Waals surface area contributed by atoms with Crippen LogP contribution in [-0.4, -0.2) is 23.4 Å². The molecule has 0 aromatic heterocycles.